The van der Waals surface area contributed by atoms with E-state index >= 15 is 0 Å². The number of H-pyrrole nitrogens is 7. The third-order valence-corrected chi connectivity index (χ3v) is 17.4. The lowest BCUT2D eigenvalue weighted by Crippen LogP contribution is -2.17. The van der Waals surface area contributed by atoms with Gasteiger partial charge in [0.1, 0.15) is 92.9 Å². The first-order valence-corrected chi connectivity index (χ1v) is 36.9. The van der Waals surface area contributed by atoms with Crippen LogP contribution < -0.4 is 48.4 Å². The Kier molecular flexibility index (Phi) is 32.7. The molecule has 0 radical (unpaired) electrons. The van der Waals surface area contributed by atoms with E-state index in [0.29, 0.717) is 51.6 Å². The number of nitro benzene ring substituents is 1. The minimum absolute atomic E-state index is 0.0103. The Morgan fingerprint density at radius 3 is 1.11 bits per heavy atom. The molecule has 7 heterocycles. The van der Waals surface area contributed by atoms with Gasteiger partial charge in [-0.05, 0) is 98.0 Å². The third-order valence-electron chi connectivity index (χ3n) is 16.2. The molecule has 0 bridgehead atoms. The summed E-state index contributed by atoms with van der Waals surface area (Å²) in [5, 5.41) is 81.9. The molecule has 0 unspecified atom stereocenters. The number of alkyl halides is 3. The van der Waals surface area contributed by atoms with Crippen LogP contribution in [0.1, 0.15) is 63.4 Å². The summed E-state index contributed by atoms with van der Waals surface area (Å²) in [6, 6.07) is 61.4. The van der Waals surface area contributed by atoms with Crippen molar-refractivity contribution in [3.63, 3.8) is 0 Å². The SMILES string of the molecule is CCCOc1ccc(-c2nc[nH]c(=O)c2C#N)cc1.CSc1ccc(-c2nc[nH]c(=O)c2C#N)cc1.Cc1ccccc1-c1nc[nH]c(=O)c1C#N.N#Cc1c(-c2cccc(Br)c2)nc[nH]c1=O.N#Cc1c(-c2cccc(OC(F)(F)F)c2)nc[nH]c1=O.N#Cc1c(-c2cccc([N+](=O)[O-])c2)nc[nH]c1=O.N#Cc1cccc(-c2nc[nH]c(=O)c2C#N)c1. The van der Waals surface area contributed by atoms with Crippen molar-refractivity contribution in [3.8, 4) is 139 Å². The molecule has 39 heteroatoms. The average Bonchev–Trinajstić information content (AvgIpc) is 0.763. The highest BCUT2D eigenvalue weighted by Gasteiger charge is 2.31. The summed E-state index contributed by atoms with van der Waals surface area (Å²) >= 11 is 4.96. The van der Waals surface area contributed by atoms with Gasteiger partial charge in [0.2, 0.25) is 0 Å². The maximum atomic E-state index is 12.1. The zero-order valence-electron chi connectivity index (χ0n) is 63.7. The van der Waals surface area contributed by atoms with E-state index in [2.05, 4.69) is 90.4 Å². The van der Waals surface area contributed by atoms with Crippen LogP contribution in [0, 0.1) is 108 Å². The van der Waals surface area contributed by atoms with Gasteiger partial charge in [0.15, 0.2) is 0 Å². The predicted molar refractivity (Wildman–Crippen MR) is 443 cm³/mol. The van der Waals surface area contributed by atoms with Crippen LogP contribution >= 0.6 is 27.7 Å². The molecule has 14 rings (SSSR count). The van der Waals surface area contributed by atoms with E-state index in [1.165, 1.54) is 62.0 Å². The lowest BCUT2D eigenvalue weighted by Gasteiger charge is -2.10. The van der Waals surface area contributed by atoms with Gasteiger partial charge in [0, 0.05) is 60.4 Å². The summed E-state index contributed by atoms with van der Waals surface area (Å²) < 4.78 is 46.5. The van der Waals surface area contributed by atoms with E-state index in [-0.39, 0.29) is 67.3 Å². The van der Waals surface area contributed by atoms with Crippen molar-refractivity contribution < 1.29 is 27.6 Å². The van der Waals surface area contributed by atoms with Gasteiger partial charge in [-0.25, -0.2) is 34.9 Å². The second-order valence-electron chi connectivity index (χ2n) is 24.0. The van der Waals surface area contributed by atoms with Crippen LogP contribution in [0.5, 0.6) is 11.5 Å². The highest BCUT2D eigenvalue weighted by molar-refractivity contribution is 9.10. The van der Waals surface area contributed by atoms with E-state index in [9.17, 15) is 56.8 Å². The molecule has 7 N–H and O–H groups in total. The van der Waals surface area contributed by atoms with Crippen LogP contribution in [0.2, 0.25) is 0 Å². The standard InChI is InChI=1S/C14H13N3O2.C12H6F3N3O2.C12H6N4O.C12H9N3OS.C12H9N3O.C11H6BrN3O.C11H6N4O3/c1-2-7-19-11-5-3-10(4-6-11)13-12(8-15)14(18)17-9-16-13;13-12(14,15)20-8-3-1-2-7(4-8)10-9(5-16)11(19)18-6-17-10;13-5-8-2-1-3-9(4-8)11-10(6-14)12(17)16-7-15-11;1-17-9-4-2-8(3-5-9)11-10(6-13)12(16)15-7-14-11;1-8-4-2-3-5-9(8)11-10(6-13)12(16)15-7-14-11;12-8-3-1-2-7(4-8)10-9(5-13)11(16)15-6-14-10;12-5-9-10(13-6-14-11(9)16)7-2-1-3-8(4-7)15(17)18/h3-6,9H,2,7H2,1H3,(H,16,17,18);1-4,6H,(H,17,18,19);1-4,7H,(H,15,16,17);2-5,7H,1H3,(H,14,15,16);2-5,7H,1H3,(H,14,15,16);1-4,6H,(H,14,15,16);1-4,6H,(H,13,14,16). The van der Waals surface area contributed by atoms with Crippen molar-refractivity contribution in [1.82, 2.24) is 69.8 Å². The fourth-order valence-corrected chi connectivity index (χ4v) is 11.3. The molecule has 0 saturated heterocycles. The van der Waals surface area contributed by atoms with Gasteiger partial charge >= 0.3 is 6.36 Å². The molecule has 0 aliphatic heterocycles. The van der Waals surface area contributed by atoms with E-state index in [1.807, 2.05) is 123 Å². The molecule has 0 fully saturated rings. The van der Waals surface area contributed by atoms with Crippen molar-refractivity contribution in [2.24, 2.45) is 0 Å². The number of aromatic nitrogens is 14. The number of non-ortho nitro benzene ring substituents is 1. The Hall–Kier alpha value is -17.8. The Morgan fingerprint density at radius 1 is 0.407 bits per heavy atom. The van der Waals surface area contributed by atoms with Gasteiger partial charge in [-0.15, -0.1) is 24.9 Å². The number of nitriles is 8. The molecule has 123 heavy (non-hydrogen) atoms. The van der Waals surface area contributed by atoms with Gasteiger partial charge < -0.3 is 44.4 Å². The largest absolute Gasteiger partial charge is 0.573 e. The highest BCUT2D eigenvalue weighted by Crippen LogP contribution is 2.31. The first-order valence-electron chi connectivity index (χ1n) is 34.9. The van der Waals surface area contributed by atoms with Gasteiger partial charge in [-0.2, -0.15) is 42.1 Å². The van der Waals surface area contributed by atoms with Gasteiger partial charge in [0.05, 0.1) is 107 Å². The molecule has 7 aromatic heterocycles. The number of halogens is 4. The maximum absolute atomic E-state index is 12.1. The van der Waals surface area contributed by atoms with Gasteiger partial charge in [0.25, 0.3) is 44.6 Å². The van der Waals surface area contributed by atoms with E-state index in [1.54, 1.807) is 84.6 Å². The van der Waals surface area contributed by atoms with Crippen LogP contribution in [0.3, 0.4) is 0 Å². The van der Waals surface area contributed by atoms with Crippen LogP contribution in [0.15, 0.2) is 257 Å². The number of ether oxygens (including phenoxy) is 2. The second kappa shape index (κ2) is 44.4. The lowest BCUT2D eigenvalue weighted by molar-refractivity contribution is -0.384. The minimum Gasteiger partial charge on any atom is -0.494 e. The summed E-state index contributed by atoms with van der Waals surface area (Å²) in [6.07, 6.45) is 6.76. The number of nitrogens with one attached hydrogen (secondary N) is 7. The molecular formula is C84H55BrF3N23O11S. The van der Waals surface area contributed by atoms with Crippen LogP contribution in [-0.2, 0) is 0 Å². The maximum Gasteiger partial charge on any atom is 0.573 e. The molecule has 0 amide bonds. The Balaban J connectivity index is 0.000000178. The number of thioether (sulfide) groups is 1. The fourth-order valence-electron chi connectivity index (χ4n) is 10.5. The summed E-state index contributed by atoms with van der Waals surface area (Å²) in [7, 11) is 0. The topological polar surface area (TPSA) is 572 Å². The average molecular weight is 1730 g/mol. The van der Waals surface area contributed by atoms with Crippen molar-refractivity contribution >= 4 is 33.4 Å². The van der Waals surface area contributed by atoms with Crippen molar-refractivity contribution in [3.05, 3.63) is 351 Å². The fraction of sp³-hybridized carbons (Fsp3) is 0.0714. The number of aryl methyl sites for hydroxylation is 1. The van der Waals surface area contributed by atoms with Crippen molar-refractivity contribution in [1.29, 1.82) is 42.1 Å². The number of aromatic amines is 7. The summed E-state index contributed by atoms with van der Waals surface area (Å²) in [5.41, 5.74) is 3.72. The number of benzene rings is 7. The first kappa shape index (κ1) is 90.8. The monoisotopic (exact) mass is 1730 g/mol. The summed E-state index contributed by atoms with van der Waals surface area (Å²) in [6.45, 7) is 4.61. The molecule has 34 nitrogen and oxygen atoms in total. The quantitative estimate of drug-likeness (QED) is 0.0320. The zero-order valence-corrected chi connectivity index (χ0v) is 66.1. The summed E-state index contributed by atoms with van der Waals surface area (Å²) in [5.74, 6) is 0.301. The van der Waals surface area contributed by atoms with E-state index < -0.39 is 56.0 Å². The van der Waals surface area contributed by atoms with Crippen LogP contribution in [0.4, 0.5) is 18.9 Å². The van der Waals surface area contributed by atoms with E-state index in [0.717, 1.165) is 68.6 Å². The number of nitrogens with zero attached hydrogens (tertiary/aromatic N) is 16. The van der Waals surface area contributed by atoms with Crippen LogP contribution in [-0.4, -0.2) is 93.9 Å². The van der Waals surface area contributed by atoms with Crippen molar-refractivity contribution in [2.45, 2.75) is 31.5 Å². The highest BCUT2D eigenvalue weighted by atomic mass is 79.9. The zero-order chi connectivity index (χ0) is 89.1. The third kappa shape index (κ3) is 24.7. The Morgan fingerprint density at radius 2 is 0.748 bits per heavy atom. The number of hydrogen-bond donors (Lipinski definition) is 7. The number of nitro groups is 1. The first-order chi connectivity index (χ1) is 59.3. The molecule has 0 saturated carbocycles. The van der Waals surface area contributed by atoms with E-state index in [4.69, 9.17) is 46.8 Å². The Labute approximate surface area is 703 Å². The summed E-state index contributed by atoms with van der Waals surface area (Å²) in [4.78, 5) is 135. The molecule has 0 atom stereocenters. The molecule has 606 valence electrons. The smallest absolute Gasteiger partial charge is 0.494 e. The number of rotatable bonds is 13. The Bertz CT molecular complexity index is 7040. The predicted octanol–water partition coefficient (Wildman–Crippen LogP) is 12.4. The van der Waals surface area contributed by atoms with Gasteiger partial charge in [-0.1, -0.05) is 108 Å². The molecule has 0 aliphatic rings. The lowest BCUT2D eigenvalue weighted by atomic mass is 10.0. The normalized spacial score (nSPS) is 9.91. The molecule has 0 spiro atoms. The molecule has 0 aliphatic carbocycles. The van der Waals surface area contributed by atoms with Crippen LogP contribution in [0.25, 0.3) is 78.8 Å². The second-order valence-corrected chi connectivity index (χ2v) is 25.8. The van der Waals surface area contributed by atoms with Crippen molar-refractivity contribution in [2.75, 3.05) is 12.9 Å². The number of hydrogen-bond acceptors (Lipinski definition) is 27. The molecular weight excluding hydrogens is 1680 g/mol. The minimum atomic E-state index is -4.82. The van der Waals surface area contributed by atoms with Gasteiger partial charge in [-0.3, -0.25) is 43.7 Å². The molecule has 7 aromatic carbocycles. The molecule has 14 aromatic rings.